The van der Waals surface area contributed by atoms with E-state index in [0.717, 1.165) is 25.8 Å². The Kier molecular flexibility index (Phi) is 7.26. The van der Waals surface area contributed by atoms with Crippen LogP contribution in [0.3, 0.4) is 0 Å². The number of sulfonamides is 1. The molecule has 2 saturated heterocycles. The molecule has 1 atom stereocenters. The molecule has 7 nitrogen and oxygen atoms in total. The van der Waals surface area contributed by atoms with Crippen molar-refractivity contribution in [3.8, 4) is 0 Å². The molecule has 3 rings (SSSR count). The molecule has 2 aliphatic rings. The van der Waals surface area contributed by atoms with E-state index in [0.29, 0.717) is 48.6 Å². The Balaban J connectivity index is 1.78. The first kappa shape index (κ1) is 22.1. The maximum Gasteiger partial charge on any atom is 0.257 e. The van der Waals surface area contributed by atoms with Crippen LogP contribution < -0.4 is 5.32 Å². The number of hydrogen-bond donors (Lipinski definition) is 1. The molecule has 0 radical (unpaired) electrons. The van der Waals surface area contributed by atoms with E-state index < -0.39 is 10.0 Å². The Labute approximate surface area is 178 Å². The van der Waals surface area contributed by atoms with E-state index in [1.165, 1.54) is 16.8 Å². The molecule has 0 bridgehead atoms. The zero-order chi connectivity index (χ0) is 21.0. The maximum atomic E-state index is 12.9. The number of hydrogen-bond acceptors (Lipinski definition) is 5. The first-order valence-corrected chi connectivity index (χ1v) is 12.0. The Bertz CT molecular complexity index is 866. The Morgan fingerprint density at radius 3 is 2.66 bits per heavy atom. The van der Waals surface area contributed by atoms with Crippen molar-refractivity contribution in [3.63, 3.8) is 0 Å². The first-order valence-electron chi connectivity index (χ1n) is 10.1. The Morgan fingerprint density at radius 2 is 1.97 bits per heavy atom. The molecule has 1 amide bonds. The van der Waals surface area contributed by atoms with Gasteiger partial charge in [0, 0.05) is 31.2 Å². The van der Waals surface area contributed by atoms with Crippen LogP contribution in [-0.2, 0) is 14.8 Å². The van der Waals surface area contributed by atoms with E-state index in [4.69, 9.17) is 17.0 Å². The lowest BCUT2D eigenvalue weighted by Gasteiger charge is -2.37. The summed E-state index contributed by atoms with van der Waals surface area (Å²) in [5, 5.41) is 3.24. The number of amides is 1. The van der Waals surface area contributed by atoms with Gasteiger partial charge in [0.25, 0.3) is 5.91 Å². The Morgan fingerprint density at radius 1 is 1.24 bits per heavy atom. The SMILES string of the molecule is CC[C@H]1CCCCN1C(=S)NC(=O)c1cc(S(=O)(=O)N2CCOCC2)ccc1C. The van der Waals surface area contributed by atoms with Gasteiger partial charge in [0.1, 0.15) is 0 Å². The lowest BCUT2D eigenvalue weighted by Crippen LogP contribution is -2.49. The van der Waals surface area contributed by atoms with Gasteiger partial charge in [-0.05, 0) is 62.5 Å². The van der Waals surface area contributed by atoms with Gasteiger partial charge < -0.3 is 9.64 Å². The quantitative estimate of drug-likeness (QED) is 0.726. The molecule has 1 N–H and O–H groups in total. The normalized spacial score (nSPS) is 21.0. The third-order valence-corrected chi connectivity index (χ3v) is 7.87. The molecule has 9 heteroatoms. The molecule has 2 fully saturated rings. The maximum absolute atomic E-state index is 12.9. The van der Waals surface area contributed by atoms with Crippen LogP contribution in [-0.4, -0.2) is 67.5 Å². The third-order valence-electron chi connectivity index (χ3n) is 5.64. The van der Waals surface area contributed by atoms with Gasteiger partial charge in [0.15, 0.2) is 5.11 Å². The summed E-state index contributed by atoms with van der Waals surface area (Å²) < 4.78 is 32.5. The number of thiocarbonyl (C=S) groups is 1. The van der Waals surface area contributed by atoms with E-state index >= 15 is 0 Å². The van der Waals surface area contributed by atoms with Crippen LogP contribution >= 0.6 is 12.2 Å². The predicted molar refractivity (Wildman–Crippen MR) is 115 cm³/mol. The second-order valence-electron chi connectivity index (χ2n) is 7.50. The van der Waals surface area contributed by atoms with Crippen LogP contribution in [0.5, 0.6) is 0 Å². The topological polar surface area (TPSA) is 79.0 Å². The molecule has 0 aliphatic carbocycles. The first-order chi connectivity index (χ1) is 13.8. The number of piperidine rings is 1. The van der Waals surface area contributed by atoms with Gasteiger partial charge in [-0.25, -0.2) is 8.42 Å². The molecule has 160 valence electrons. The van der Waals surface area contributed by atoms with E-state index in [1.807, 2.05) is 0 Å². The molecule has 0 unspecified atom stereocenters. The molecule has 1 aromatic carbocycles. The van der Waals surface area contributed by atoms with Crippen LogP contribution in [0.15, 0.2) is 23.1 Å². The third kappa shape index (κ3) is 4.96. The summed E-state index contributed by atoms with van der Waals surface area (Å²) in [5.41, 5.74) is 1.03. The number of carbonyl (C=O) groups excluding carboxylic acids is 1. The van der Waals surface area contributed by atoms with Crippen LogP contribution in [0, 0.1) is 6.92 Å². The van der Waals surface area contributed by atoms with Crippen LogP contribution in [0.25, 0.3) is 0 Å². The second-order valence-corrected chi connectivity index (χ2v) is 9.83. The summed E-state index contributed by atoms with van der Waals surface area (Å²) in [4.78, 5) is 15.1. The van der Waals surface area contributed by atoms with Crippen molar-refractivity contribution in [2.45, 2.75) is 50.5 Å². The van der Waals surface area contributed by atoms with Crippen molar-refractivity contribution in [2.24, 2.45) is 0 Å². The number of nitrogens with one attached hydrogen (secondary N) is 1. The number of ether oxygens (including phenoxy) is 1. The average Bonchev–Trinajstić information content (AvgIpc) is 2.74. The second kappa shape index (κ2) is 9.51. The zero-order valence-corrected chi connectivity index (χ0v) is 18.7. The number of aryl methyl sites for hydroxylation is 1. The average molecular weight is 440 g/mol. The predicted octanol–water partition coefficient (Wildman–Crippen LogP) is 2.30. The fourth-order valence-corrected chi connectivity index (χ4v) is 5.64. The molecule has 2 aliphatic heterocycles. The Hall–Kier alpha value is -1.55. The highest BCUT2D eigenvalue weighted by Crippen LogP contribution is 2.22. The van der Waals surface area contributed by atoms with Crippen molar-refractivity contribution in [1.29, 1.82) is 0 Å². The van der Waals surface area contributed by atoms with Crippen molar-refractivity contribution in [2.75, 3.05) is 32.8 Å². The lowest BCUT2D eigenvalue weighted by atomic mass is 10.0. The van der Waals surface area contributed by atoms with E-state index in [9.17, 15) is 13.2 Å². The summed E-state index contributed by atoms with van der Waals surface area (Å²) in [6.45, 7) is 6.13. The molecule has 29 heavy (non-hydrogen) atoms. The summed E-state index contributed by atoms with van der Waals surface area (Å²) in [6, 6.07) is 5.00. The van der Waals surface area contributed by atoms with Gasteiger partial charge in [0.05, 0.1) is 18.1 Å². The summed E-state index contributed by atoms with van der Waals surface area (Å²) in [7, 11) is -3.67. The number of nitrogens with zero attached hydrogens (tertiary/aromatic N) is 2. The van der Waals surface area contributed by atoms with Crippen molar-refractivity contribution < 1.29 is 17.9 Å². The highest BCUT2D eigenvalue weighted by molar-refractivity contribution is 7.89. The minimum Gasteiger partial charge on any atom is -0.379 e. The van der Waals surface area contributed by atoms with Gasteiger partial charge in [-0.1, -0.05) is 13.0 Å². The summed E-state index contributed by atoms with van der Waals surface area (Å²) in [6.07, 6.45) is 4.27. The molecule has 0 saturated carbocycles. The van der Waals surface area contributed by atoms with Gasteiger partial charge in [-0.3, -0.25) is 10.1 Å². The van der Waals surface area contributed by atoms with E-state index in [-0.39, 0.29) is 10.8 Å². The highest BCUT2D eigenvalue weighted by atomic mass is 32.2. The van der Waals surface area contributed by atoms with Crippen molar-refractivity contribution in [1.82, 2.24) is 14.5 Å². The molecular formula is C20H29N3O4S2. The van der Waals surface area contributed by atoms with Crippen LogP contribution in [0.4, 0.5) is 0 Å². The van der Waals surface area contributed by atoms with Gasteiger partial charge in [-0.2, -0.15) is 4.31 Å². The highest BCUT2D eigenvalue weighted by Gasteiger charge is 2.28. The standard InChI is InChI=1S/C20H29N3O4S2/c1-3-16-6-4-5-9-23(16)20(28)21-19(24)18-14-17(8-7-15(18)2)29(25,26)22-10-12-27-13-11-22/h7-8,14,16H,3-6,9-13H2,1-2H3,(H,21,24,28)/t16-/m0/s1. The molecular weight excluding hydrogens is 410 g/mol. The van der Waals surface area contributed by atoms with Crippen molar-refractivity contribution >= 4 is 33.3 Å². The number of carbonyl (C=O) groups is 1. The molecule has 2 heterocycles. The fraction of sp³-hybridized carbons (Fsp3) is 0.600. The van der Waals surface area contributed by atoms with E-state index in [1.54, 1.807) is 19.1 Å². The molecule has 0 spiro atoms. The largest absolute Gasteiger partial charge is 0.379 e. The van der Waals surface area contributed by atoms with Gasteiger partial charge in [0.2, 0.25) is 10.0 Å². The van der Waals surface area contributed by atoms with Crippen molar-refractivity contribution in [3.05, 3.63) is 29.3 Å². The molecule has 1 aromatic rings. The van der Waals surface area contributed by atoms with Gasteiger partial charge in [-0.15, -0.1) is 0 Å². The van der Waals surface area contributed by atoms with Crippen LogP contribution in [0.1, 0.15) is 48.5 Å². The summed E-state index contributed by atoms with van der Waals surface area (Å²) >= 11 is 5.50. The lowest BCUT2D eigenvalue weighted by molar-refractivity contribution is 0.0730. The molecule has 0 aromatic heterocycles. The van der Waals surface area contributed by atoms with Crippen LogP contribution in [0.2, 0.25) is 0 Å². The number of likely N-dealkylation sites (tertiary alicyclic amines) is 1. The monoisotopic (exact) mass is 439 g/mol. The van der Waals surface area contributed by atoms with E-state index in [2.05, 4.69) is 17.1 Å². The zero-order valence-electron chi connectivity index (χ0n) is 17.0. The smallest absolute Gasteiger partial charge is 0.257 e. The fourth-order valence-electron chi connectivity index (χ4n) is 3.87. The minimum atomic E-state index is -3.67. The number of benzene rings is 1. The number of rotatable bonds is 4. The summed E-state index contributed by atoms with van der Waals surface area (Å²) in [5.74, 6) is -0.369. The van der Waals surface area contributed by atoms with Gasteiger partial charge >= 0.3 is 0 Å². The number of morpholine rings is 1. The minimum absolute atomic E-state index is 0.116.